The second-order valence-electron chi connectivity index (χ2n) is 4.84. The zero-order chi connectivity index (χ0) is 16.9. The third-order valence-electron chi connectivity index (χ3n) is 3.14. The normalized spacial score (nSPS) is 11.5. The molecule has 8 heteroatoms. The number of rotatable bonds is 7. The van der Waals surface area contributed by atoms with Gasteiger partial charge in [0, 0.05) is 32.7 Å². The minimum absolute atomic E-state index is 0.0997. The van der Waals surface area contributed by atoms with E-state index in [0.29, 0.717) is 12.1 Å². The summed E-state index contributed by atoms with van der Waals surface area (Å²) < 4.78 is 25.0. The van der Waals surface area contributed by atoms with E-state index >= 15 is 0 Å². The lowest BCUT2D eigenvalue weighted by molar-refractivity contribution is -0.137. The Labute approximate surface area is 130 Å². The second-order valence-corrected chi connectivity index (χ2v) is 6.99. The van der Waals surface area contributed by atoms with E-state index in [1.54, 1.807) is 6.92 Å². The van der Waals surface area contributed by atoms with Crippen LogP contribution in [0, 0.1) is 0 Å². The summed E-state index contributed by atoms with van der Waals surface area (Å²) in [5.74, 6) is -1.30. The third-order valence-corrected chi connectivity index (χ3v) is 4.97. The van der Waals surface area contributed by atoms with Gasteiger partial charge in [0.05, 0.1) is 11.3 Å². The molecule has 0 heterocycles. The van der Waals surface area contributed by atoms with Crippen LogP contribution in [-0.4, -0.2) is 61.8 Å². The summed E-state index contributed by atoms with van der Waals surface area (Å²) in [4.78, 5) is 24.4. The Kier molecular flexibility index (Phi) is 6.07. The van der Waals surface area contributed by atoms with Crippen molar-refractivity contribution in [1.29, 1.82) is 0 Å². The molecule has 0 bridgehead atoms. The fraction of sp³-hybridized carbons (Fsp3) is 0.429. The molecular formula is C14H20N2O5S. The molecule has 0 aliphatic heterocycles. The molecule has 22 heavy (non-hydrogen) atoms. The van der Waals surface area contributed by atoms with Crippen molar-refractivity contribution in [2.75, 3.05) is 27.2 Å². The molecule has 1 amide bonds. The number of hydrogen-bond donors (Lipinski definition) is 1. The molecule has 0 unspecified atom stereocenters. The van der Waals surface area contributed by atoms with Gasteiger partial charge in [-0.05, 0) is 31.2 Å². The molecule has 7 nitrogen and oxygen atoms in total. The van der Waals surface area contributed by atoms with Crippen LogP contribution in [0.15, 0.2) is 29.2 Å². The van der Waals surface area contributed by atoms with Crippen LogP contribution >= 0.6 is 0 Å². The standard InChI is InChI=1S/C14H20N2O5S/c1-4-16(10-9-13(17)18)14(19)11-5-7-12(8-6-11)22(20,21)15(2)3/h5-8H,4,9-10H2,1-3H3,(H,17,18). The van der Waals surface area contributed by atoms with Crippen molar-refractivity contribution in [3.05, 3.63) is 29.8 Å². The van der Waals surface area contributed by atoms with Crippen LogP contribution in [0.4, 0.5) is 0 Å². The molecule has 0 fully saturated rings. The zero-order valence-electron chi connectivity index (χ0n) is 12.8. The highest BCUT2D eigenvalue weighted by molar-refractivity contribution is 7.89. The van der Waals surface area contributed by atoms with Crippen molar-refractivity contribution in [2.24, 2.45) is 0 Å². The molecular weight excluding hydrogens is 308 g/mol. The first-order chi connectivity index (χ1) is 10.2. The van der Waals surface area contributed by atoms with Gasteiger partial charge in [0.25, 0.3) is 5.91 Å². The summed E-state index contributed by atoms with van der Waals surface area (Å²) in [6, 6.07) is 5.60. The highest BCUT2D eigenvalue weighted by atomic mass is 32.2. The van der Waals surface area contributed by atoms with Gasteiger partial charge in [-0.1, -0.05) is 0 Å². The Balaban J connectivity index is 2.94. The number of nitrogens with zero attached hydrogens (tertiary/aromatic N) is 2. The van der Waals surface area contributed by atoms with Crippen LogP contribution in [0.25, 0.3) is 0 Å². The molecule has 1 N–H and O–H groups in total. The number of amides is 1. The maximum absolute atomic E-state index is 12.3. The molecule has 1 aromatic carbocycles. The van der Waals surface area contributed by atoms with Crippen molar-refractivity contribution < 1.29 is 23.1 Å². The van der Waals surface area contributed by atoms with Gasteiger partial charge < -0.3 is 10.0 Å². The summed E-state index contributed by atoms with van der Waals surface area (Å²) in [5.41, 5.74) is 0.324. The molecule has 0 radical (unpaired) electrons. The Morgan fingerprint density at radius 3 is 2.09 bits per heavy atom. The predicted octanol–water partition coefficient (Wildman–Crippen LogP) is 0.874. The Hall–Kier alpha value is -1.93. The van der Waals surface area contributed by atoms with Gasteiger partial charge in [-0.2, -0.15) is 0 Å². The van der Waals surface area contributed by atoms with Crippen LogP contribution in [0.5, 0.6) is 0 Å². The average molecular weight is 328 g/mol. The van der Waals surface area contributed by atoms with Gasteiger partial charge in [0.2, 0.25) is 10.0 Å². The quantitative estimate of drug-likeness (QED) is 0.801. The molecule has 1 rings (SSSR count). The minimum Gasteiger partial charge on any atom is -0.481 e. The first-order valence-electron chi connectivity index (χ1n) is 6.73. The summed E-state index contributed by atoms with van der Waals surface area (Å²) in [7, 11) is -0.677. The monoisotopic (exact) mass is 328 g/mol. The predicted molar refractivity (Wildman–Crippen MR) is 81.1 cm³/mol. The maximum Gasteiger partial charge on any atom is 0.305 e. The lowest BCUT2D eigenvalue weighted by Gasteiger charge is -2.20. The summed E-state index contributed by atoms with van der Waals surface area (Å²) in [6.07, 6.45) is -0.132. The SMILES string of the molecule is CCN(CCC(=O)O)C(=O)c1ccc(S(=O)(=O)N(C)C)cc1. The van der Waals surface area contributed by atoms with E-state index in [-0.39, 0.29) is 23.8 Å². The van der Waals surface area contributed by atoms with E-state index < -0.39 is 16.0 Å². The van der Waals surface area contributed by atoms with Gasteiger partial charge in [0.15, 0.2) is 0 Å². The van der Waals surface area contributed by atoms with Crippen LogP contribution in [0.1, 0.15) is 23.7 Å². The number of carboxylic acid groups (broad SMARTS) is 1. The second kappa shape index (κ2) is 7.37. The Morgan fingerprint density at radius 2 is 1.68 bits per heavy atom. The number of aliphatic carboxylic acids is 1. The van der Waals surface area contributed by atoms with Crippen LogP contribution in [-0.2, 0) is 14.8 Å². The van der Waals surface area contributed by atoms with Gasteiger partial charge >= 0.3 is 5.97 Å². The molecule has 0 saturated heterocycles. The lowest BCUT2D eigenvalue weighted by Crippen LogP contribution is -2.32. The fourth-order valence-corrected chi connectivity index (χ4v) is 2.70. The number of carbonyl (C=O) groups excluding carboxylic acids is 1. The first-order valence-corrected chi connectivity index (χ1v) is 8.17. The first kappa shape index (κ1) is 18.1. The molecule has 122 valence electrons. The van der Waals surface area contributed by atoms with E-state index in [0.717, 1.165) is 4.31 Å². The lowest BCUT2D eigenvalue weighted by atomic mass is 10.2. The fourth-order valence-electron chi connectivity index (χ4n) is 1.80. The van der Waals surface area contributed by atoms with E-state index in [2.05, 4.69) is 0 Å². The smallest absolute Gasteiger partial charge is 0.305 e. The van der Waals surface area contributed by atoms with Crippen LogP contribution in [0.2, 0.25) is 0 Å². The minimum atomic E-state index is -3.54. The number of sulfonamides is 1. The molecule has 0 saturated carbocycles. The third kappa shape index (κ3) is 4.28. The van der Waals surface area contributed by atoms with Gasteiger partial charge in [-0.25, -0.2) is 12.7 Å². The van der Waals surface area contributed by atoms with Crippen molar-refractivity contribution >= 4 is 21.9 Å². The van der Waals surface area contributed by atoms with Gasteiger partial charge in [-0.15, -0.1) is 0 Å². The van der Waals surface area contributed by atoms with Crippen molar-refractivity contribution in [3.8, 4) is 0 Å². The maximum atomic E-state index is 12.3. The topological polar surface area (TPSA) is 95.0 Å². The van der Waals surface area contributed by atoms with Crippen LogP contribution < -0.4 is 0 Å². The van der Waals surface area contributed by atoms with Crippen molar-refractivity contribution in [1.82, 2.24) is 9.21 Å². The average Bonchev–Trinajstić information content (AvgIpc) is 2.47. The molecule has 0 atom stereocenters. The molecule has 0 aliphatic carbocycles. The molecule has 0 spiro atoms. The Bertz CT molecular complexity index is 638. The Morgan fingerprint density at radius 1 is 1.14 bits per heavy atom. The van der Waals surface area contributed by atoms with E-state index in [1.165, 1.54) is 43.3 Å². The molecule has 0 aliphatic rings. The van der Waals surface area contributed by atoms with Crippen molar-refractivity contribution in [3.63, 3.8) is 0 Å². The van der Waals surface area contributed by atoms with E-state index in [4.69, 9.17) is 5.11 Å². The molecule has 0 aromatic heterocycles. The van der Waals surface area contributed by atoms with Gasteiger partial charge in [0.1, 0.15) is 0 Å². The molecule has 1 aromatic rings. The van der Waals surface area contributed by atoms with Gasteiger partial charge in [-0.3, -0.25) is 9.59 Å². The largest absolute Gasteiger partial charge is 0.481 e. The number of carbonyl (C=O) groups is 2. The summed E-state index contributed by atoms with van der Waals surface area (Å²) >= 11 is 0. The highest BCUT2D eigenvalue weighted by Crippen LogP contribution is 2.15. The van der Waals surface area contributed by atoms with E-state index in [9.17, 15) is 18.0 Å². The van der Waals surface area contributed by atoms with E-state index in [1.807, 2.05) is 0 Å². The number of benzene rings is 1. The number of carboxylic acids is 1. The zero-order valence-corrected chi connectivity index (χ0v) is 13.6. The summed E-state index contributed by atoms with van der Waals surface area (Å²) in [5, 5.41) is 8.68. The highest BCUT2D eigenvalue weighted by Gasteiger charge is 2.19. The number of hydrogen-bond acceptors (Lipinski definition) is 4. The summed E-state index contributed by atoms with van der Waals surface area (Å²) in [6.45, 7) is 2.25. The van der Waals surface area contributed by atoms with Crippen molar-refractivity contribution in [2.45, 2.75) is 18.2 Å². The van der Waals surface area contributed by atoms with Crippen LogP contribution in [0.3, 0.4) is 0 Å².